The van der Waals surface area contributed by atoms with Crippen LogP contribution in [0.2, 0.25) is 0 Å². The van der Waals surface area contributed by atoms with Crippen LogP contribution >= 0.6 is 11.3 Å². The van der Waals surface area contributed by atoms with Crippen molar-refractivity contribution in [1.82, 2.24) is 5.32 Å². The lowest BCUT2D eigenvalue weighted by molar-refractivity contribution is -0.858. The SMILES string of the molecule is COC(=O)c1c(NC(=O)C(=O)NCCC[NH+](C)C)sc2c1CC(C)(C)OC2. The van der Waals surface area contributed by atoms with Crippen molar-refractivity contribution in [2.24, 2.45) is 0 Å². The summed E-state index contributed by atoms with van der Waals surface area (Å²) in [6, 6.07) is 0. The molecule has 2 amide bonds. The molecule has 1 aliphatic rings. The second kappa shape index (κ2) is 8.81. The summed E-state index contributed by atoms with van der Waals surface area (Å²) < 4.78 is 10.7. The quantitative estimate of drug-likeness (QED) is 0.355. The molecule has 0 unspecified atom stereocenters. The first-order valence-electron chi connectivity index (χ1n) is 8.89. The molecule has 8 nitrogen and oxygen atoms in total. The van der Waals surface area contributed by atoms with E-state index in [1.54, 1.807) is 0 Å². The van der Waals surface area contributed by atoms with Crippen LogP contribution in [0.3, 0.4) is 0 Å². The third kappa shape index (κ3) is 5.50. The maximum Gasteiger partial charge on any atom is 0.341 e. The molecule has 3 N–H and O–H groups in total. The first kappa shape index (κ1) is 21.3. The summed E-state index contributed by atoms with van der Waals surface area (Å²) in [6.07, 6.45) is 1.30. The predicted octanol–water partition coefficient (Wildman–Crippen LogP) is -0.0247. The highest BCUT2D eigenvalue weighted by Crippen LogP contribution is 2.40. The number of carbonyl (C=O) groups excluding carboxylic acids is 3. The van der Waals surface area contributed by atoms with E-state index in [1.165, 1.54) is 23.3 Å². The average molecular weight is 399 g/mol. The minimum atomic E-state index is -0.795. The fourth-order valence-electron chi connectivity index (χ4n) is 2.84. The normalized spacial score (nSPS) is 15.2. The van der Waals surface area contributed by atoms with Gasteiger partial charge in [0.25, 0.3) is 0 Å². The number of nitrogens with one attached hydrogen (secondary N) is 3. The summed E-state index contributed by atoms with van der Waals surface area (Å²) >= 11 is 1.24. The van der Waals surface area contributed by atoms with Crippen molar-refractivity contribution in [3.63, 3.8) is 0 Å². The molecule has 27 heavy (non-hydrogen) atoms. The van der Waals surface area contributed by atoms with E-state index in [9.17, 15) is 14.4 Å². The van der Waals surface area contributed by atoms with Gasteiger partial charge in [0, 0.05) is 24.3 Å². The van der Waals surface area contributed by atoms with E-state index in [4.69, 9.17) is 9.47 Å². The fraction of sp³-hybridized carbons (Fsp3) is 0.611. The van der Waals surface area contributed by atoms with Crippen molar-refractivity contribution < 1.29 is 28.8 Å². The number of rotatable bonds is 6. The summed E-state index contributed by atoms with van der Waals surface area (Å²) in [5, 5.41) is 5.49. The van der Waals surface area contributed by atoms with Crippen molar-refractivity contribution in [3.8, 4) is 0 Å². The number of hydrogen-bond acceptors (Lipinski definition) is 6. The molecule has 2 rings (SSSR count). The molecule has 150 valence electrons. The van der Waals surface area contributed by atoms with E-state index in [0.29, 0.717) is 30.1 Å². The predicted molar refractivity (Wildman–Crippen MR) is 102 cm³/mol. The molecule has 0 radical (unpaired) electrons. The Balaban J connectivity index is 2.11. The van der Waals surface area contributed by atoms with E-state index in [-0.39, 0.29) is 0 Å². The molecule has 0 saturated heterocycles. The van der Waals surface area contributed by atoms with Gasteiger partial charge in [0.2, 0.25) is 0 Å². The smallest absolute Gasteiger partial charge is 0.341 e. The molecule has 0 aliphatic carbocycles. The van der Waals surface area contributed by atoms with E-state index < -0.39 is 23.4 Å². The van der Waals surface area contributed by atoms with Crippen molar-refractivity contribution in [2.75, 3.05) is 39.6 Å². The summed E-state index contributed by atoms with van der Waals surface area (Å²) in [6.45, 7) is 5.55. The number of methoxy groups -OCH3 is 1. The van der Waals surface area contributed by atoms with Gasteiger partial charge in [0.05, 0.1) is 45.5 Å². The number of esters is 1. The minimum absolute atomic E-state index is 0.311. The number of hydrogen-bond donors (Lipinski definition) is 3. The number of amides is 2. The Kier molecular flexibility index (Phi) is 6.96. The molecular formula is C18H28N3O5S+. The second-order valence-electron chi connectivity index (χ2n) is 7.45. The minimum Gasteiger partial charge on any atom is -0.465 e. The molecular weight excluding hydrogens is 370 g/mol. The van der Waals surface area contributed by atoms with Crippen LogP contribution in [0.15, 0.2) is 0 Å². The van der Waals surface area contributed by atoms with E-state index >= 15 is 0 Å². The van der Waals surface area contributed by atoms with Crippen molar-refractivity contribution in [3.05, 3.63) is 16.0 Å². The Morgan fingerprint density at radius 3 is 2.59 bits per heavy atom. The van der Waals surface area contributed by atoms with Gasteiger partial charge in [-0.15, -0.1) is 11.3 Å². The highest BCUT2D eigenvalue weighted by atomic mass is 32.1. The molecule has 1 aromatic heterocycles. The van der Waals surface area contributed by atoms with Gasteiger partial charge in [-0.2, -0.15) is 0 Å². The van der Waals surface area contributed by atoms with Crippen LogP contribution in [0.1, 0.15) is 41.1 Å². The van der Waals surface area contributed by atoms with Crippen LogP contribution in [-0.4, -0.2) is 57.7 Å². The lowest BCUT2D eigenvalue weighted by Gasteiger charge is -2.30. The monoisotopic (exact) mass is 398 g/mol. The topological polar surface area (TPSA) is 98.2 Å². The summed E-state index contributed by atoms with van der Waals surface area (Å²) in [7, 11) is 5.33. The molecule has 0 atom stereocenters. The maximum atomic E-state index is 12.3. The van der Waals surface area contributed by atoms with E-state index in [1.807, 2.05) is 27.9 Å². The van der Waals surface area contributed by atoms with Crippen LogP contribution in [-0.2, 0) is 32.1 Å². The van der Waals surface area contributed by atoms with Crippen LogP contribution in [0.5, 0.6) is 0 Å². The zero-order valence-corrected chi connectivity index (χ0v) is 17.3. The molecule has 0 saturated carbocycles. The molecule has 0 aromatic carbocycles. The maximum absolute atomic E-state index is 12.3. The van der Waals surface area contributed by atoms with Crippen LogP contribution in [0, 0.1) is 0 Å². The standard InChI is InChI=1S/C18H27N3O5S/c1-18(2)9-11-12(10-26-18)27-16(13(11)17(24)25-5)20-15(23)14(22)19-7-6-8-21(3)4/h6-10H2,1-5H3,(H,19,22)(H,20,23)/p+1. The van der Waals surface area contributed by atoms with Gasteiger partial charge in [0.1, 0.15) is 5.00 Å². The zero-order chi connectivity index (χ0) is 20.2. The molecule has 2 heterocycles. The zero-order valence-electron chi connectivity index (χ0n) is 16.5. The summed E-state index contributed by atoms with van der Waals surface area (Å²) in [4.78, 5) is 38.7. The molecule has 1 aromatic rings. The third-order valence-electron chi connectivity index (χ3n) is 4.25. The Hall–Kier alpha value is -1.97. The van der Waals surface area contributed by atoms with Gasteiger partial charge in [-0.25, -0.2) is 4.79 Å². The number of ether oxygens (including phenoxy) is 2. The van der Waals surface area contributed by atoms with Crippen molar-refractivity contribution >= 4 is 34.1 Å². The molecule has 1 aliphatic heterocycles. The van der Waals surface area contributed by atoms with Crippen molar-refractivity contribution in [1.29, 1.82) is 0 Å². The number of quaternary nitrogens is 1. The van der Waals surface area contributed by atoms with Crippen LogP contribution in [0.25, 0.3) is 0 Å². The lowest BCUT2D eigenvalue weighted by atomic mass is 9.93. The van der Waals surface area contributed by atoms with Crippen molar-refractivity contribution in [2.45, 2.75) is 38.9 Å². The molecule has 0 spiro atoms. The Bertz CT molecular complexity index is 727. The largest absolute Gasteiger partial charge is 0.465 e. The van der Waals surface area contributed by atoms with Gasteiger partial charge < -0.3 is 25.0 Å². The average Bonchev–Trinajstić information content (AvgIpc) is 2.93. The second-order valence-corrected chi connectivity index (χ2v) is 8.55. The lowest BCUT2D eigenvalue weighted by Crippen LogP contribution is -3.05. The fourth-order valence-corrected chi connectivity index (χ4v) is 3.96. The number of fused-ring (bicyclic) bond motifs is 1. The number of carbonyl (C=O) groups is 3. The summed E-state index contributed by atoms with van der Waals surface area (Å²) in [5.41, 5.74) is 0.711. The van der Waals surface area contributed by atoms with Gasteiger partial charge in [0.15, 0.2) is 0 Å². The van der Waals surface area contributed by atoms with Gasteiger partial charge in [-0.3, -0.25) is 9.59 Å². The molecule has 0 fully saturated rings. The van der Waals surface area contributed by atoms with E-state index in [0.717, 1.165) is 23.4 Å². The first-order valence-corrected chi connectivity index (χ1v) is 9.71. The third-order valence-corrected chi connectivity index (χ3v) is 5.37. The Morgan fingerprint density at radius 1 is 1.26 bits per heavy atom. The van der Waals surface area contributed by atoms with Gasteiger partial charge in [-0.1, -0.05) is 0 Å². The Labute approximate surface area is 163 Å². The van der Waals surface area contributed by atoms with Crippen LogP contribution < -0.4 is 15.5 Å². The first-order chi connectivity index (χ1) is 12.6. The van der Waals surface area contributed by atoms with Crippen LogP contribution in [0.4, 0.5) is 5.00 Å². The highest BCUT2D eigenvalue weighted by molar-refractivity contribution is 7.17. The van der Waals surface area contributed by atoms with Gasteiger partial charge in [-0.05, 0) is 19.4 Å². The number of thiophene rings is 1. The molecule has 0 bridgehead atoms. The Morgan fingerprint density at radius 2 is 1.96 bits per heavy atom. The van der Waals surface area contributed by atoms with Gasteiger partial charge >= 0.3 is 17.8 Å². The molecule has 9 heteroatoms. The summed E-state index contributed by atoms with van der Waals surface area (Å²) in [5.74, 6) is -2.05. The number of anilines is 1. The highest BCUT2D eigenvalue weighted by Gasteiger charge is 2.34. The van der Waals surface area contributed by atoms with E-state index in [2.05, 4.69) is 10.6 Å².